The van der Waals surface area contributed by atoms with Crippen LogP contribution in [0.4, 0.5) is 11.5 Å². The van der Waals surface area contributed by atoms with Gasteiger partial charge in [-0.3, -0.25) is 0 Å². The van der Waals surface area contributed by atoms with Crippen molar-refractivity contribution >= 4 is 52.4 Å². The van der Waals surface area contributed by atoms with E-state index in [0.29, 0.717) is 22.4 Å². The van der Waals surface area contributed by atoms with Crippen molar-refractivity contribution < 1.29 is 9.90 Å². The number of hydrogen-bond acceptors (Lipinski definition) is 4. The Kier molecular flexibility index (Phi) is 5.78. The van der Waals surface area contributed by atoms with Gasteiger partial charge in [0, 0.05) is 21.7 Å². The first-order valence-corrected chi connectivity index (χ1v) is 8.61. The molecular weight excluding hydrogens is 397 g/mol. The molecule has 0 aliphatic carbocycles. The van der Waals surface area contributed by atoms with E-state index < -0.39 is 5.97 Å². The van der Waals surface area contributed by atoms with Gasteiger partial charge in [0.25, 0.3) is 0 Å². The molecule has 4 aromatic rings. The summed E-state index contributed by atoms with van der Waals surface area (Å²) in [6.07, 6.45) is 0. The first-order chi connectivity index (χ1) is 13.1. The van der Waals surface area contributed by atoms with Gasteiger partial charge in [0.15, 0.2) is 5.82 Å². The summed E-state index contributed by atoms with van der Waals surface area (Å²) in [5, 5.41) is 13.9. The second kappa shape index (κ2) is 8.25. The van der Waals surface area contributed by atoms with Gasteiger partial charge < -0.3 is 10.4 Å². The second-order valence-corrected chi connectivity index (χ2v) is 6.37. The number of nitrogens with one attached hydrogen (secondary N) is 1. The summed E-state index contributed by atoms with van der Waals surface area (Å²) in [4.78, 5) is 20.5. The average Bonchev–Trinajstić information content (AvgIpc) is 2.68. The van der Waals surface area contributed by atoms with Gasteiger partial charge in [0.1, 0.15) is 5.82 Å². The third-order valence-electron chi connectivity index (χ3n) is 4.08. The normalized spacial score (nSPS) is 10.3. The monoisotopic (exact) mass is 411 g/mol. The van der Waals surface area contributed by atoms with Crippen molar-refractivity contribution in [3.8, 4) is 11.4 Å². The molecule has 0 spiro atoms. The van der Waals surface area contributed by atoms with Crippen LogP contribution in [0, 0.1) is 0 Å². The third kappa shape index (κ3) is 4.06. The number of para-hydroxylation sites is 1. The van der Waals surface area contributed by atoms with Crippen molar-refractivity contribution in [3.05, 3.63) is 83.4 Å². The van der Waals surface area contributed by atoms with Crippen LogP contribution < -0.4 is 5.32 Å². The summed E-state index contributed by atoms with van der Waals surface area (Å²) in [6.45, 7) is 0. The maximum Gasteiger partial charge on any atom is 0.335 e. The Morgan fingerprint density at radius 1 is 0.929 bits per heavy atom. The van der Waals surface area contributed by atoms with Crippen LogP contribution >= 0.6 is 24.0 Å². The highest BCUT2D eigenvalue weighted by Gasteiger charge is 2.11. The van der Waals surface area contributed by atoms with E-state index in [9.17, 15) is 9.90 Å². The summed E-state index contributed by atoms with van der Waals surface area (Å²) >= 11 is 5.97. The molecule has 0 saturated heterocycles. The Labute approximate surface area is 172 Å². The second-order valence-electron chi connectivity index (χ2n) is 5.93. The highest BCUT2D eigenvalue weighted by Crippen LogP contribution is 2.28. The number of hydrogen-bond donors (Lipinski definition) is 2. The number of aromatic nitrogens is 2. The zero-order valence-electron chi connectivity index (χ0n) is 14.5. The Bertz CT molecular complexity index is 1150. The maximum absolute atomic E-state index is 11.2. The molecule has 4 rings (SSSR count). The zero-order valence-corrected chi connectivity index (χ0v) is 16.0. The number of fused-ring (bicyclic) bond motifs is 1. The Hall–Kier alpha value is -3.15. The fourth-order valence-corrected chi connectivity index (χ4v) is 2.89. The van der Waals surface area contributed by atoms with Gasteiger partial charge in [-0.05, 0) is 54.6 Å². The number of aromatic carboxylic acids is 1. The van der Waals surface area contributed by atoms with Crippen molar-refractivity contribution in [2.24, 2.45) is 0 Å². The fraction of sp³-hybridized carbons (Fsp3) is 0. The molecule has 5 nitrogen and oxygen atoms in total. The Morgan fingerprint density at radius 2 is 1.68 bits per heavy atom. The van der Waals surface area contributed by atoms with Crippen LogP contribution in [-0.4, -0.2) is 21.0 Å². The molecule has 7 heteroatoms. The molecule has 140 valence electrons. The lowest BCUT2D eigenvalue weighted by Crippen LogP contribution is -2.01. The molecule has 0 fully saturated rings. The summed E-state index contributed by atoms with van der Waals surface area (Å²) in [5.41, 5.74) is 2.47. The number of halogens is 2. The van der Waals surface area contributed by atoms with Crippen LogP contribution in [0.1, 0.15) is 10.4 Å². The number of carboxylic acid groups (broad SMARTS) is 1. The summed E-state index contributed by atoms with van der Waals surface area (Å²) in [6, 6.07) is 21.6. The molecule has 0 aliphatic heterocycles. The molecule has 0 aliphatic rings. The minimum absolute atomic E-state index is 0. The van der Waals surface area contributed by atoms with E-state index in [1.54, 1.807) is 36.4 Å². The number of carbonyl (C=O) groups is 1. The topological polar surface area (TPSA) is 75.1 Å². The number of anilines is 2. The van der Waals surface area contributed by atoms with Crippen LogP contribution in [-0.2, 0) is 0 Å². The van der Waals surface area contributed by atoms with Crippen LogP contribution in [0.5, 0.6) is 0 Å². The highest BCUT2D eigenvalue weighted by atomic mass is 35.5. The van der Waals surface area contributed by atoms with E-state index in [2.05, 4.69) is 15.3 Å². The molecule has 3 aromatic carbocycles. The number of nitrogens with zero attached hydrogens (tertiary/aromatic N) is 2. The average molecular weight is 412 g/mol. The number of benzene rings is 3. The smallest absolute Gasteiger partial charge is 0.335 e. The SMILES string of the molecule is Cl.O=C(O)c1cccc(Nc2nc(-c3ccc(Cl)cc3)nc3ccccc23)c1. The summed E-state index contributed by atoms with van der Waals surface area (Å²) in [5.74, 6) is 0.184. The van der Waals surface area contributed by atoms with E-state index >= 15 is 0 Å². The first kappa shape index (κ1) is 19.6. The van der Waals surface area contributed by atoms with E-state index in [0.717, 1.165) is 16.5 Å². The van der Waals surface area contributed by atoms with Crippen molar-refractivity contribution in [3.63, 3.8) is 0 Å². The maximum atomic E-state index is 11.2. The molecular formula is C21H15Cl2N3O2. The fourth-order valence-electron chi connectivity index (χ4n) is 2.77. The lowest BCUT2D eigenvalue weighted by molar-refractivity contribution is 0.0697. The van der Waals surface area contributed by atoms with Crippen molar-refractivity contribution in [2.75, 3.05) is 5.32 Å². The van der Waals surface area contributed by atoms with Gasteiger partial charge in [-0.15, -0.1) is 12.4 Å². The lowest BCUT2D eigenvalue weighted by atomic mass is 10.1. The molecule has 1 aromatic heterocycles. The first-order valence-electron chi connectivity index (χ1n) is 8.23. The van der Waals surface area contributed by atoms with E-state index in [-0.39, 0.29) is 18.0 Å². The molecule has 28 heavy (non-hydrogen) atoms. The molecule has 0 amide bonds. The number of rotatable bonds is 4. The van der Waals surface area contributed by atoms with Crippen molar-refractivity contribution in [1.82, 2.24) is 9.97 Å². The summed E-state index contributed by atoms with van der Waals surface area (Å²) in [7, 11) is 0. The van der Waals surface area contributed by atoms with Gasteiger partial charge in [-0.1, -0.05) is 29.8 Å². The molecule has 0 bridgehead atoms. The van der Waals surface area contributed by atoms with Crippen molar-refractivity contribution in [2.45, 2.75) is 0 Å². The van der Waals surface area contributed by atoms with Gasteiger partial charge in [-0.25, -0.2) is 14.8 Å². The van der Waals surface area contributed by atoms with Gasteiger partial charge in [-0.2, -0.15) is 0 Å². The zero-order chi connectivity index (χ0) is 18.8. The Balaban J connectivity index is 0.00000225. The quantitative estimate of drug-likeness (QED) is 0.442. The highest BCUT2D eigenvalue weighted by molar-refractivity contribution is 6.30. The minimum Gasteiger partial charge on any atom is -0.478 e. The lowest BCUT2D eigenvalue weighted by Gasteiger charge is -2.11. The molecule has 0 unspecified atom stereocenters. The Morgan fingerprint density at radius 3 is 2.43 bits per heavy atom. The van der Waals surface area contributed by atoms with Gasteiger partial charge in [0.05, 0.1) is 11.1 Å². The molecule has 1 heterocycles. The van der Waals surface area contributed by atoms with Crippen LogP contribution in [0.25, 0.3) is 22.3 Å². The number of carboxylic acids is 1. The third-order valence-corrected chi connectivity index (χ3v) is 4.33. The predicted octanol–water partition coefficient (Wildman–Crippen LogP) is 5.81. The molecule has 0 saturated carbocycles. The van der Waals surface area contributed by atoms with Crippen LogP contribution in [0.15, 0.2) is 72.8 Å². The van der Waals surface area contributed by atoms with Gasteiger partial charge >= 0.3 is 5.97 Å². The molecule has 0 atom stereocenters. The van der Waals surface area contributed by atoms with Crippen LogP contribution in [0.2, 0.25) is 5.02 Å². The molecule has 2 N–H and O–H groups in total. The largest absolute Gasteiger partial charge is 0.478 e. The molecule has 0 radical (unpaired) electrons. The summed E-state index contributed by atoms with van der Waals surface area (Å²) < 4.78 is 0. The van der Waals surface area contributed by atoms with E-state index in [1.165, 1.54) is 0 Å². The van der Waals surface area contributed by atoms with Gasteiger partial charge in [0.2, 0.25) is 0 Å². The van der Waals surface area contributed by atoms with Crippen molar-refractivity contribution in [1.29, 1.82) is 0 Å². The van der Waals surface area contributed by atoms with Crippen LogP contribution in [0.3, 0.4) is 0 Å². The standard InChI is InChI=1S/C21H14ClN3O2.ClH/c22-15-10-8-13(9-11-15)19-24-18-7-2-1-6-17(18)20(25-19)23-16-5-3-4-14(12-16)21(26)27;/h1-12H,(H,26,27)(H,23,24,25);1H. The van der Waals surface area contributed by atoms with E-state index in [1.807, 2.05) is 36.4 Å². The minimum atomic E-state index is -0.979. The van der Waals surface area contributed by atoms with E-state index in [4.69, 9.17) is 11.6 Å². The predicted molar refractivity (Wildman–Crippen MR) is 114 cm³/mol.